The second-order valence-electron chi connectivity index (χ2n) is 1.58. The summed E-state index contributed by atoms with van der Waals surface area (Å²) in [6.45, 7) is 6.19. The molecule has 0 amide bonds. The molecular weight excluding hydrogens is 155 g/mol. The second-order valence-corrected chi connectivity index (χ2v) is 1.92. The van der Waals surface area contributed by atoms with Crippen LogP contribution in [0.3, 0.4) is 0 Å². The van der Waals surface area contributed by atoms with Crippen molar-refractivity contribution in [3.8, 4) is 0 Å². The summed E-state index contributed by atoms with van der Waals surface area (Å²) in [6, 6.07) is 0. The highest BCUT2D eigenvalue weighted by Gasteiger charge is 1.96. The number of hydrogen-bond donors (Lipinski definition) is 0. The zero-order chi connectivity index (χ0) is 8.15. The van der Waals surface area contributed by atoms with Gasteiger partial charge in [-0.05, 0) is 23.8 Å². The predicted molar refractivity (Wildman–Crippen MR) is 39.4 cm³/mol. The van der Waals surface area contributed by atoms with Crippen molar-refractivity contribution in [3.05, 3.63) is 36.7 Å². The highest BCUT2D eigenvalue weighted by Crippen LogP contribution is 2.01. The fourth-order valence-corrected chi connectivity index (χ4v) is 0.320. The third-order valence-corrected chi connectivity index (χ3v) is 0.961. The van der Waals surface area contributed by atoms with E-state index in [1.807, 2.05) is 0 Å². The number of carbonyl (C=O) groups is 1. The molecule has 0 aliphatic rings. The molecule has 0 N–H and O–H groups in total. The van der Waals surface area contributed by atoms with Gasteiger partial charge < -0.3 is 0 Å². The Morgan fingerprint density at radius 2 is 1.90 bits per heavy atom. The summed E-state index contributed by atoms with van der Waals surface area (Å²) in [5.41, 5.74) is 0.0421. The molecule has 1 nitrogen and oxygen atoms in total. The third-order valence-electron chi connectivity index (χ3n) is 0.718. The average molecular weight is 161 g/mol. The van der Waals surface area contributed by atoms with Crippen LogP contribution >= 0.6 is 11.6 Å². The molecule has 3 heteroatoms. The lowest BCUT2D eigenvalue weighted by Crippen LogP contribution is -1.85. The molecule has 0 saturated heterocycles. The summed E-state index contributed by atoms with van der Waals surface area (Å²) in [7, 11) is 0. The van der Waals surface area contributed by atoms with Crippen LogP contribution in [0.25, 0.3) is 0 Å². The topological polar surface area (TPSA) is 17.1 Å². The molecule has 0 unspecified atom stereocenters. The van der Waals surface area contributed by atoms with Crippen LogP contribution in [0.4, 0.5) is 4.39 Å². The van der Waals surface area contributed by atoms with Crippen LogP contribution in [0.5, 0.6) is 0 Å². The molecule has 0 aromatic heterocycles. The molecule has 54 valence electrons. The number of rotatable bonds is 3. The van der Waals surface area contributed by atoms with Gasteiger partial charge in [0.1, 0.15) is 5.83 Å². The van der Waals surface area contributed by atoms with Crippen LogP contribution in [-0.4, -0.2) is 5.24 Å². The minimum absolute atomic E-state index is 0.0421. The van der Waals surface area contributed by atoms with Crippen molar-refractivity contribution < 1.29 is 9.18 Å². The van der Waals surface area contributed by atoms with Crippen LogP contribution in [0.1, 0.15) is 0 Å². The molecule has 0 spiro atoms. The lowest BCUT2D eigenvalue weighted by molar-refractivity contribution is -0.108. The molecule has 0 rings (SSSR count). The number of carbonyl (C=O) groups excluding carboxylic acids is 1. The van der Waals surface area contributed by atoms with Crippen molar-refractivity contribution in [2.45, 2.75) is 0 Å². The van der Waals surface area contributed by atoms with Gasteiger partial charge in [-0.15, -0.1) is 0 Å². The maximum Gasteiger partial charge on any atom is 0.251 e. The molecule has 0 aromatic rings. The Balaban J connectivity index is 4.03. The number of allylic oxidation sites excluding steroid dienone is 4. The highest BCUT2D eigenvalue weighted by atomic mass is 35.5. The largest absolute Gasteiger partial charge is 0.276 e. The second kappa shape index (κ2) is 4.01. The van der Waals surface area contributed by atoms with E-state index in [0.717, 1.165) is 12.2 Å². The summed E-state index contributed by atoms with van der Waals surface area (Å²) >= 11 is 4.97. The Bertz CT molecular complexity index is 206. The molecule has 0 aromatic carbocycles. The fraction of sp³-hybridized carbons (Fsp3) is 0. The standard InChI is InChI=1S/C7H6ClFO/c1-5(7(8)10)3-4-6(2)9/h3-4H,1-2H2. The first-order chi connectivity index (χ1) is 4.54. The van der Waals surface area contributed by atoms with Gasteiger partial charge in [0.15, 0.2) is 0 Å². The van der Waals surface area contributed by atoms with Crippen molar-refractivity contribution >= 4 is 16.8 Å². The first kappa shape index (κ1) is 9.11. The lowest BCUT2D eigenvalue weighted by atomic mass is 10.3. The SMILES string of the molecule is C=C(F)C=CC(=C)C(=O)Cl. The zero-order valence-corrected chi connectivity index (χ0v) is 5.99. The van der Waals surface area contributed by atoms with Crippen LogP contribution in [-0.2, 0) is 4.79 Å². The average Bonchev–Trinajstić information content (AvgIpc) is 1.82. The maximum absolute atomic E-state index is 11.8. The van der Waals surface area contributed by atoms with Crippen LogP contribution in [0.15, 0.2) is 36.7 Å². The Hall–Kier alpha value is -0.890. The quantitative estimate of drug-likeness (QED) is 0.352. The molecule has 10 heavy (non-hydrogen) atoms. The van der Waals surface area contributed by atoms with E-state index in [0.29, 0.717) is 0 Å². The molecule has 0 radical (unpaired) electrons. The minimum Gasteiger partial charge on any atom is -0.276 e. The third kappa shape index (κ3) is 4.04. The lowest BCUT2D eigenvalue weighted by Gasteiger charge is -1.85. The summed E-state index contributed by atoms with van der Waals surface area (Å²) in [6.07, 6.45) is 2.18. The smallest absolute Gasteiger partial charge is 0.251 e. The van der Waals surface area contributed by atoms with E-state index in [1.165, 1.54) is 0 Å². The van der Waals surface area contributed by atoms with Crippen molar-refractivity contribution in [2.75, 3.05) is 0 Å². The highest BCUT2D eigenvalue weighted by molar-refractivity contribution is 6.68. The van der Waals surface area contributed by atoms with Gasteiger partial charge in [-0.1, -0.05) is 13.2 Å². The maximum atomic E-state index is 11.8. The van der Waals surface area contributed by atoms with Gasteiger partial charge in [0.25, 0.3) is 5.24 Å². The van der Waals surface area contributed by atoms with E-state index in [2.05, 4.69) is 13.2 Å². The number of halogens is 2. The van der Waals surface area contributed by atoms with E-state index in [9.17, 15) is 9.18 Å². The summed E-state index contributed by atoms with van der Waals surface area (Å²) in [4.78, 5) is 10.2. The van der Waals surface area contributed by atoms with Gasteiger partial charge in [0, 0.05) is 5.57 Å². The fourth-order valence-electron chi connectivity index (χ4n) is 0.257. The Labute approximate surface area is 63.5 Å². The van der Waals surface area contributed by atoms with Crippen molar-refractivity contribution in [1.29, 1.82) is 0 Å². The molecular formula is C7H6ClFO. The summed E-state index contributed by atoms with van der Waals surface area (Å²) < 4.78 is 11.8. The van der Waals surface area contributed by atoms with E-state index < -0.39 is 11.1 Å². The first-order valence-corrected chi connectivity index (χ1v) is 2.83. The molecule has 0 atom stereocenters. The van der Waals surface area contributed by atoms with Gasteiger partial charge >= 0.3 is 0 Å². The Morgan fingerprint density at radius 1 is 1.40 bits per heavy atom. The van der Waals surface area contributed by atoms with Crippen LogP contribution < -0.4 is 0 Å². The molecule has 0 saturated carbocycles. The zero-order valence-electron chi connectivity index (χ0n) is 5.23. The Kier molecular flexibility index (Phi) is 3.65. The van der Waals surface area contributed by atoms with E-state index >= 15 is 0 Å². The molecule has 0 aliphatic heterocycles. The van der Waals surface area contributed by atoms with E-state index in [-0.39, 0.29) is 5.57 Å². The van der Waals surface area contributed by atoms with Gasteiger partial charge in [-0.2, -0.15) is 0 Å². The van der Waals surface area contributed by atoms with Crippen LogP contribution in [0.2, 0.25) is 0 Å². The minimum atomic E-state index is -0.697. The molecule has 0 aliphatic carbocycles. The Morgan fingerprint density at radius 3 is 2.20 bits per heavy atom. The monoisotopic (exact) mass is 160 g/mol. The summed E-state index contributed by atoms with van der Waals surface area (Å²) in [5, 5.41) is -0.697. The molecule has 0 bridgehead atoms. The van der Waals surface area contributed by atoms with Gasteiger partial charge in [-0.3, -0.25) is 4.79 Å². The van der Waals surface area contributed by atoms with Crippen LogP contribution in [0, 0.1) is 0 Å². The normalized spacial score (nSPS) is 9.80. The first-order valence-electron chi connectivity index (χ1n) is 2.45. The predicted octanol–water partition coefficient (Wildman–Crippen LogP) is 2.35. The van der Waals surface area contributed by atoms with Gasteiger partial charge in [0.05, 0.1) is 0 Å². The van der Waals surface area contributed by atoms with E-state index in [1.54, 1.807) is 0 Å². The summed E-state index contributed by atoms with van der Waals surface area (Å²) in [5.74, 6) is -0.640. The number of hydrogen-bond acceptors (Lipinski definition) is 1. The van der Waals surface area contributed by atoms with Gasteiger partial charge in [0.2, 0.25) is 0 Å². The van der Waals surface area contributed by atoms with Crippen molar-refractivity contribution in [3.63, 3.8) is 0 Å². The van der Waals surface area contributed by atoms with E-state index in [4.69, 9.17) is 11.6 Å². The van der Waals surface area contributed by atoms with Crippen molar-refractivity contribution in [2.24, 2.45) is 0 Å². The molecule has 0 fully saturated rings. The van der Waals surface area contributed by atoms with Crippen molar-refractivity contribution in [1.82, 2.24) is 0 Å². The molecule has 0 heterocycles. The van der Waals surface area contributed by atoms with Gasteiger partial charge in [-0.25, -0.2) is 4.39 Å².